The Bertz CT molecular complexity index is 1730. The van der Waals surface area contributed by atoms with Crippen LogP contribution in [0.1, 0.15) is 50.8 Å². The molecule has 1 unspecified atom stereocenters. The fourth-order valence-electron chi connectivity index (χ4n) is 5.78. The van der Waals surface area contributed by atoms with Gasteiger partial charge in [-0.2, -0.15) is 11.8 Å². The molecule has 4 rings (SSSR count). The van der Waals surface area contributed by atoms with E-state index in [-0.39, 0.29) is 18.1 Å². The van der Waals surface area contributed by atoms with Crippen molar-refractivity contribution in [1.82, 2.24) is 16.0 Å². The second-order valence-electron chi connectivity index (χ2n) is 12.5. The second kappa shape index (κ2) is 20.0. The van der Waals surface area contributed by atoms with E-state index in [4.69, 9.17) is 19.3 Å². The van der Waals surface area contributed by atoms with E-state index in [9.17, 15) is 39.3 Å². The molecular formula is C38H45N3O12S. The van der Waals surface area contributed by atoms with E-state index in [0.717, 1.165) is 18.2 Å². The van der Waals surface area contributed by atoms with Crippen molar-refractivity contribution in [3.05, 3.63) is 95.6 Å². The Labute approximate surface area is 316 Å². The number of amides is 3. The van der Waals surface area contributed by atoms with Gasteiger partial charge in [0, 0.05) is 43.3 Å². The molecule has 1 aliphatic heterocycles. The Hall–Kier alpha value is -4.84. The zero-order chi connectivity index (χ0) is 39.3. The first-order valence-corrected chi connectivity index (χ1v) is 18.3. The van der Waals surface area contributed by atoms with E-state index in [1.54, 1.807) is 24.3 Å². The van der Waals surface area contributed by atoms with Crippen molar-refractivity contribution < 1.29 is 58.6 Å². The van der Waals surface area contributed by atoms with Crippen LogP contribution in [0.5, 0.6) is 0 Å². The minimum absolute atomic E-state index is 0.0492. The van der Waals surface area contributed by atoms with Crippen LogP contribution in [-0.2, 0) is 23.8 Å². The average Bonchev–Trinajstić information content (AvgIpc) is 3.18. The maximum Gasteiger partial charge on any atom is 0.366 e. The summed E-state index contributed by atoms with van der Waals surface area (Å²) in [6.45, 7) is 1.03. The van der Waals surface area contributed by atoms with E-state index in [1.165, 1.54) is 43.0 Å². The van der Waals surface area contributed by atoms with E-state index in [2.05, 4.69) is 16.0 Å². The summed E-state index contributed by atoms with van der Waals surface area (Å²) in [4.78, 5) is 61.3. The molecule has 3 aromatic rings. The van der Waals surface area contributed by atoms with Crippen LogP contribution in [0.25, 0.3) is 11.1 Å². The largest absolute Gasteiger partial charge is 0.478 e. The Morgan fingerprint density at radius 1 is 0.870 bits per heavy atom. The van der Waals surface area contributed by atoms with Crippen molar-refractivity contribution in [2.75, 3.05) is 38.3 Å². The molecule has 0 saturated carbocycles. The summed E-state index contributed by atoms with van der Waals surface area (Å²) in [6, 6.07) is 20.7. The van der Waals surface area contributed by atoms with Gasteiger partial charge in [0.15, 0.2) is 0 Å². The van der Waals surface area contributed by atoms with Gasteiger partial charge >= 0.3 is 11.9 Å². The first kappa shape index (κ1) is 41.9. The standard InChI is InChI=1S/C38H45N3O12S/c1-23(42)41-31-29(43)21-38(37(50)51-2,52-18-6-19-54-20-17-39-34(46)26-13-15-28(16-14-26)36(48)49)53-33(31)32(45)30(44)22-40-35(47)27-11-9-25(10-12-27)24-7-4-3-5-8-24/h3-5,7-16,29-33,43-45H,6,17-22H2,1-2H3,(H,39,46)(H,40,47)(H,41,42)(H,48,49)/t29-,30-,31-,32-,33?,38-/m1/s1. The number of carboxylic acids is 1. The number of methoxy groups -OCH3 is 1. The first-order valence-electron chi connectivity index (χ1n) is 17.2. The summed E-state index contributed by atoms with van der Waals surface area (Å²) in [5.41, 5.74) is 2.59. The number of nitrogens with one attached hydrogen (secondary N) is 3. The number of carbonyl (C=O) groups is 5. The number of carbonyl (C=O) groups excluding carboxylic acids is 4. The Morgan fingerprint density at radius 3 is 2.07 bits per heavy atom. The third-order valence-corrected chi connectivity index (χ3v) is 9.66. The quantitative estimate of drug-likeness (QED) is 0.0722. The molecule has 0 aromatic heterocycles. The van der Waals surface area contributed by atoms with Gasteiger partial charge in [0.05, 0.1) is 37.5 Å². The van der Waals surface area contributed by atoms with Crippen molar-refractivity contribution in [1.29, 1.82) is 0 Å². The lowest BCUT2D eigenvalue weighted by Crippen LogP contribution is -2.68. The highest BCUT2D eigenvalue weighted by Gasteiger charge is 2.56. The van der Waals surface area contributed by atoms with Crippen molar-refractivity contribution in [2.45, 2.75) is 56.0 Å². The predicted octanol–water partition coefficient (Wildman–Crippen LogP) is 1.60. The van der Waals surface area contributed by atoms with Gasteiger partial charge in [-0.15, -0.1) is 0 Å². The molecule has 3 amide bonds. The van der Waals surface area contributed by atoms with Gasteiger partial charge in [0.1, 0.15) is 12.2 Å². The van der Waals surface area contributed by atoms with Crippen molar-refractivity contribution in [2.24, 2.45) is 0 Å². The van der Waals surface area contributed by atoms with Crippen molar-refractivity contribution in [3.63, 3.8) is 0 Å². The lowest BCUT2D eigenvalue weighted by Gasteiger charge is -2.47. The fourth-order valence-corrected chi connectivity index (χ4v) is 6.56. The molecule has 3 aromatic carbocycles. The topological polar surface area (TPSA) is 230 Å². The number of aromatic carboxylic acids is 1. The van der Waals surface area contributed by atoms with E-state index < -0.39 is 73.0 Å². The summed E-state index contributed by atoms with van der Waals surface area (Å²) < 4.78 is 16.8. The zero-order valence-electron chi connectivity index (χ0n) is 29.8. The first-order chi connectivity index (χ1) is 25.8. The van der Waals surface area contributed by atoms with Crippen molar-refractivity contribution in [3.8, 4) is 11.1 Å². The molecular weight excluding hydrogens is 722 g/mol. The average molecular weight is 768 g/mol. The Morgan fingerprint density at radius 2 is 1.46 bits per heavy atom. The molecule has 1 fully saturated rings. The van der Waals surface area contributed by atoms with Gasteiger partial charge in [-0.25, -0.2) is 9.59 Å². The number of thioether (sulfide) groups is 1. The summed E-state index contributed by atoms with van der Waals surface area (Å²) in [7, 11) is 1.09. The molecule has 290 valence electrons. The minimum atomic E-state index is -2.20. The molecule has 1 saturated heterocycles. The molecule has 16 heteroatoms. The van der Waals surface area contributed by atoms with Crippen LogP contribution in [-0.4, -0.2) is 125 Å². The number of carboxylic acid groups (broad SMARTS) is 1. The molecule has 54 heavy (non-hydrogen) atoms. The molecule has 0 aliphatic carbocycles. The van der Waals surface area contributed by atoms with Crippen LogP contribution < -0.4 is 16.0 Å². The normalized spacial score (nSPS) is 20.6. The summed E-state index contributed by atoms with van der Waals surface area (Å²) >= 11 is 1.49. The molecule has 0 radical (unpaired) electrons. The van der Waals surface area contributed by atoms with Crippen LogP contribution in [0.3, 0.4) is 0 Å². The number of hydrogen-bond acceptors (Lipinski definition) is 12. The SMILES string of the molecule is COC(=O)[C@@]1(OCCCSCCNC(=O)c2ccc(C(=O)O)cc2)C[C@@H](O)[C@@H](NC(C)=O)C([C@H](O)[C@H](O)CNC(=O)c2ccc(-c3ccccc3)cc2)O1. The highest BCUT2D eigenvalue weighted by molar-refractivity contribution is 7.99. The molecule has 15 nitrogen and oxygen atoms in total. The number of esters is 1. The van der Waals surface area contributed by atoms with Crippen LogP contribution in [0, 0.1) is 0 Å². The van der Waals surface area contributed by atoms with Gasteiger partial charge in [-0.3, -0.25) is 14.4 Å². The summed E-state index contributed by atoms with van der Waals surface area (Å²) in [5.74, 6) is -4.66. The van der Waals surface area contributed by atoms with Gasteiger partial charge in [0.25, 0.3) is 17.6 Å². The molecule has 7 N–H and O–H groups in total. The Kier molecular flexibility index (Phi) is 15.5. The second-order valence-corrected chi connectivity index (χ2v) is 13.7. The van der Waals surface area contributed by atoms with Gasteiger partial charge in [-0.05, 0) is 59.7 Å². The lowest BCUT2D eigenvalue weighted by molar-refractivity contribution is -0.311. The van der Waals surface area contributed by atoms with Crippen LogP contribution in [0.15, 0.2) is 78.9 Å². The molecule has 0 spiro atoms. The molecule has 1 heterocycles. The zero-order valence-corrected chi connectivity index (χ0v) is 30.6. The third-order valence-electron chi connectivity index (χ3n) is 8.59. The smallest absolute Gasteiger partial charge is 0.366 e. The Balaban J connectivity index is 1.31. The summed E-state index contributed by atoms with van der Waals surface area (Å²) in [6.07, 6.45) is -6.62. The predicted molar refractivity (Wildman–Crippen MR) is 198 cm³/mol. The van der Waals surface area contributed by atoms with Gasteiger partial charge in [0.2, 0.25) is 5.91 Å². The maximum absolute atomic E-state index is 13.1. The van der Waals surface area contributed by atoms with E-state index in [1.807, 2.05) is 30.3 Å². The number of aliphatic hydroxyl groups is 3. The maximum atomic E-state index is 13.1. The van der Waals surface area contributed by atoms with Crippen LogP contribution in [0.2, 0.25) is 0 Å². The fraction of sp³-hybridized carbons (Fsp3) is 0.395. The van der Waals surface area contributed by atoms with Crippen molar-refractivity contribution >= 4 is 41.4 Å². The number of benzene rings is 3. The monoisotopic (exact) mass is 767 g/mol. The van der Waals surface area contributed by atoms with E-state index >= 15 is 0 Å². The number of rotatable bonds is 18. The van der Waals surface area contributed by atoms with Gasteiger partial charge in [-0.1, -0.05) is 42.5 Å². The number of ether oxygens (including phenoxy) is 3. The highest BCUT2D eigenvalue weighted by Crippen LogP contribution is 2.34. The third kappa shape index (κ3) is 11.3. The van der Waals surface area contributed by atoms with Gasteiger partial charge < -0.3 is 50.6 Å². The molecule has 6 atom stereocenters. The summed E-state index contributed by atoms with van der Waals surface area (Å²) in [5, 5.41) is 50.2. The lowest BCUT2D eigenvalue weighted by atomic mass is 9.88. The van der Waals surface area contributed by atoms with Crippen LogP contribution >= 0.6 is 11.8 Å². The van der Waals surface area contributed by atoms with Crippen LogP contribution in [0.4, 0.5) is 0 Å². The molecule has 0 bridgehead atoms. The number of hydrogen-bond donors (Lipinski definition) is 7. The molecule has 1 aliphatic rings. The highest BCUT2D eigenvalue weighted by atomic mass is 32.2. The minimum Gasteiger partial charge on any atom is -0.478 e. The van der Waals surface area contributed by atoms with E-state index in [0.29, 0.717) is 35.6 Å². The number of aliphatic hydroxyl groups excluding tert-OH is 3.